The third-order valence-electron chi connectivity index (χ3n) is 3.49. The smallest absolute Gasteiger partial charge is 0.0726 e. The number of hydrogen-bond donors (Lipinski definition) is 1. The van der Waals surface area contributed by atoms with Gasteiger partial charge in [-0.05, 0) is 31.9 Å². The Balaban J connectivity index is 2.13. The van der Waals surface area contributed by atoms with Gasteiger partial charge in [0.15, 0.2) is 0 Å². The highest BCUT2D eigenvalue weighted by Gasteiger charge is 2.29. The second-order valence-electron chi connectivity index (χ2n) is 5.01. The zero-order valence-corrected chi connectivity index (χ0v) is 10.8. The van der Waals surface area contributed by atoms with E-state index in [9.17, 15) is 0 Å². The van der Waals surface area contributed by atoms with Crippen molar-refractivity contribution in [2.45, 2.75) is 25.8 Å². The average Bonchev–Trinajstić information content (AvgIpc) is 3.19. The van der Waals surface area contributed by atoms with E-state index < -0.39 is 0 Å². The van der Waals surface area contributed by atoms with Gasteiger partial charge in [-0.1, -0.05) is 18.2 Å². The molecule has 1 aromatic heterocycles. The zero-order valence-electron chi connectivity index (χ0n) is 10.8. The summed E-state index contributed by atoms with van der Waals surface area (Å²) >= 11 is 0. The van der Waals surface area contributed by atoms with Gasteiger partial charge < -0.3 is 10.6 Å². The molecule has 0 amide bonds. The zero-order chi connectivity index (χ0) is 12.5. The van der Waals surface area contributed by atoms with E-state index in [-0.39, 0.29) is 0 Å². The molecule has 0 radical (unpaired) electrons. The number of nitrogens with two attached hydrogens (primary N) is 1. The molecule has 0 saturated heterocycles. The fraction of sp³-hybridized carbons (Fsp3) is 0.400. The summed E-state index contributed by atoms with van der Waals surface area (Å²) in [7, 11) is 0. The lowest BCUT2D eigenvalue weighted by Gasteiger charge is -2.25. The fourth-order valence-electron chi connectivity index (χ4n) is 2.55. The maximum Gasteiger partial charge on any atom is 0.0726 e. The van der Waals surface area contributed by atoms with E-state index in [2.05, 4.69) is 41.1 Å². The number of benzene rings is 1. The van der Waals surface area contributed by atoms with Crippen LogP contribution in [0.25, 0.3) is 10.9 Å². The molecule has 2 aromatic rings. The Morgan fingerprint density at radius 3 is 2.83 bits per heavy atom. The highest BCUT2D eigenvalue weighted by Crippen LogP contribution is 2.35. The molecule has 1 aliphatic rings. The van der Waals surface area contributed by atoms with Crippen LogP contribution in [0.3, 0.4) is 0 Å². The molecule has 1 aliphatic carbocycles. The highest BCUT2D eigenvalue weighted by molar-refractivity contribution is 5.92. The molecule has 0 spiro atoms. The van der Waals surface area contributed by atoms with Crippen LogP contribution in [0.1, 0.15) is 18.5 Å². The SMILES string of the molecule is Cc1cc(N(CCN)C2CC2)c2ccccc2n1. The van der Waals surface area contributed by atoms with E-state index in [1.807, 2.05) is 6.07 Å². The lowest BCUT2D eigenvalue weighted by Crippen LogP contribution is -2.31. The standard InChI is InChI=1S/C15H19N3/c1-11-10-15(18(9-8-16)12-6-7-12)13-4-2-3-5-14(13)17-11/h2-5,10,12H,6-9,16H2,1H3. The van der Waals surface area contributed by atoms with Gasteiger partial charge in [-0.3, -0.25) is 4.98 Å². The average molecular weight is 241 g/mol. The Labute approximate surface area is 108 Å². The molecule has 0 aliphatic heterocycles. The second kappa shape index (κ2) is 4.58. The maximum absolute atomic E-state index is 5.76. The number of nitrogens with zero attached hydrogens (tertiary/aromatic N) is 2. The summed E-state index contributed by atoms with van der Waals surface area (Å²) in [6, 6.07) is 11.2. The predicted octanol–water partition coefficient (Wildman–Crippen LogP) is 2.47. The van der Waals surface area contributed by atoms with Gasteiger partial charge in [0.25, 0.3) is 0 Å². The predicted molar refractivity (Wildman–Crippen MR) is 75.9 cm³/mol. The topological polar surface area (TPSA) is 42.1 Å². The van der Waals surface area contributed by atoms with Crippen LogP contribution >= 0.6 is 0 Å². The van der Waals surface area contributed by atoms with Crippen molar-refractivity contribution in [1.29, 1.82) is 0 Å². The van der Waals surface area contributed by atoms with E-state index in [0.717, 1.165) is 17.8 Å². The summed E-state index contributed by atoms with van der Waals surface area (Å²) in [6.45, 7) is 3.69. The third kappa shape index (κ3) is 2.06. The molecule has 1 saturated carbocycles. The van der Waals surface area contributed by atoms with Crippen LogP contribution in [0, 0.1) is 6.92 Å². The van der Waals surface area contributed by atoms with Crippen molar-refractivity contribution in [3.63, 3.8) is 0 Å². The normalized spacial score (nSPS) is 15.0. The van der Waals surface area contributed by atoms with Crippen LogP contribution in [-0.4, -0.2) is 24.1 Å². The molecule has 3 nitrogen and oxygen atoms in total. The number of rotatable bonds is 4. The molecule has 1 heterocycles. The minimum atomic E-state index is 0.679. The number of fused-ring (bicyclic) bond motifs is 1. The van der Waals surface area contributed by atoms with Crippen LogP contribution in [0.4, 0.5) is 5.69 Å². The third-order valence-corrected chi connectivity index (χ3v) is 3.49. The van der Waals surface area contributed by atoms with Gasteiger partial charge in [0.05, 0.1) is 5.52 Å². The largest absolute Gasteiger partial charge is 0.367 e. The molecule has 3 rings (SSSR count). The number of aryl methyl sites for hydroxylation is 1. The summed E-state index contributed by atoms with van der Waals surface area (Å²) in [4.78, 5) is 7.06. The van der Waals surface area contributed by atoms with Gasteiger partial charge in [-0.2, -0.15) is 0 Å². The summed E-state index contributed by atoms with van der Waals surface area (Å²) < 4.78 is 0. The lowest BCUT2D eigenvalue weighted by atomic mass is 10.1. The quantitative estimate of drug-likeness (QED) is 0.894. The van der Waals surface area contributed by atoms with E-state index in [1.165, 1.54) is 23.9 Å². The van der Waals surface area contributed by atoms with Crippen molar-refractivity contribution in [3.8, 4) is 0 Å². The van der Waals surface area contributed by atoms with Crippen molar-refractivity contribution >= 4 is 16.6 Å². The van der Waals surface area contributed by atoms with Crippen LogP contribution in [0.15, 0.2) is 30.3 Å². The number of aromatic nitrogens is 1. The van der Waals surface area contributed by atoms with Crippen molar-refractivity contribution in [1.82, 2.24) is 4.98 Å². The number of anilines is 1. The number of pyridine rings is 1. The van der Waals surface area contributed by atoms with E-state index in [1.54, 1.807) is 0 Å². The Hall–Kier alpha value is -1.61. The molecule has 0 unspecified atom stereocenters. The summed E-state index contributed by atoms with van der Waals surface area (Å²) in [5.74, 6) is 0. The molecule has 0 atom stereocenters. The van der Waals surface area contributed by atoms with Crippen LogP contribution in [0.5, 0.6) is 0 Å². The van der Waals surface area contributed by atoms with Crippen molar-refractivity contribution in [2.75, 3.05) is 18.0 Å². The van der Waals surface area contributed by atoms with Crippen molar-refractivity contribution in [2.24, 2.45) is 5.73 Å². The first-order valence-electron chi connectivity index (χ1n) is 6.62. The number of hydrogen-bond acceptors (Lipinski definition) is 3. The van der Waals surface area contributed by atoms with Gasteiger partial charge in [0.2, 0.25) is 0 Å². The number of para-hydroxylation sites is 1. The summed E-state index contributed by atoms with van der Waals surface area (Å²) in [6.07, 6.45) is 2.57. The Bertz CT molecular complexity index is 561. The molecule has 2 N–H and O–H groups in total. The highest BCUT2D eigenvalue weighted by atomic mass is 15.2. The first-order chi connectivity index (χ1) is 8.79. The van der Waals surface area contributed by atoms with Gasteiger partial charge >= 0.3 is 0 Å². The van der Waals surface area contributed by atoms with Crippen LogP contribution in [-0.2, 0) is 0 Å². The monoisotopic (exact) mass is 241 g/mol. The molecular formula is C15H19N3. The van der Waals surface area contributed by atoms with Gasteiger partial charge in [-0.25, -0.2) is 0 Å². The lowest BCUT2D eigenvalue weighted by molar-refractivity contribution is 0.787. The minimum absolute atomic E-state index is 0.679. The van der Waals surface area contributed by atoms with Crippen molar-refractivity contribution in [3.05, 3.63) is 36.0 Å². The van der Waals surface area contributed by atoms with Crippen molar-refractivity contribution < 1.29 is 0 Å². The summed E-state index contributed by atoms with van der Waals surface area (Å²) in [5, 5.41) is 1.24. The molecule has 0 bridgehead atoms. The second-order valence-corrected chi connectivity index (χ2v) is 5.01. The molecule has 94 valence electrons. The Kier molecular flexibility index (Phi) is 2.92. The fourth-order valence-corrected chi connectivity index (χ4v) is 2.55. The molecule has 1 fully saturated rings. The summed E-state index contributed by atoms with van der Waals surface area (Å²) in [5.41, 5.74) is 9.21. The first kappa shape index (κ1) is 11.5. The van der Waals surface area contributed by atoms with Gasteiger partial charge in [0.1, 0.15) is 0 Å². The van der Waals surface area contributed by atoms with Gasteiger partial charge in [-0.15, -0.1) is 0 Å². The molecule has 3 heteroatoms. The minimum Gasteiger partial charge on any atom is -0.367 e. The van der Waals surface area contributed by atoms with Crippen LogP contribution < -0.4 is 10.6 Å². The van der Waals surface area contributed by atoms with E-state index >= 15 is 0 Å². The van der Waals surface area contributed by atoms with Gasteiger partial charge in [0, 0.05) is 35.9 Å². The van der Waals surface area contributed by atoms with Crippen LogP contribution in [0.2, 0.25) is 0 Å². The Morgan fingerprint density at radius 2 is 2.11 bits per heavy atom. The maximum atomic E-state index is 5.76. The first-order valence-corrected chi connectivity index (χ1v) is 6.62. The van der Waals surface area contributed by atoms with E-state index in [0.29, 0.717) is 12.6 Å². The molecular weight excluding hydrogens is 222 g/mol. The van der Waals surface area contributed by atoms with E-state index in [4.69, 9.17) is 5.73 Å². The molecule has 18 heavy (non-hydrogen) atoms. The molecule has 1 aromatic carbocycles. The Morgan fingerprint density at radius 1 is 1.33 bits per heavy atom.